The highest BCUT2D eigenvalue weighted by molar-refractivity contribution is 7.09. The highest BCUT2D eigenvalue weighted by Gasteiger charge is 2.28. The quantitative estimate of drug-likeness (QED) is 0.390. The molecule has 37 heavy (non-hydrogen) atoms. The van der Waals surface area contributed by atoms with Crippen molar-refractivity contribution in [2.24, 2.45) is 0 Å². The Kier molecular flexibility index (Phi) is 7.83. The van der Waals surface area contributed by atoms with E-state index in [4.69, 9.17) is 14.5 Å². The number of piperidine rings is 1. The average molecular weight is 529 g/mol. The summed E-state index contributed by atoms with van der Waals surface area (Å²) in [7, 11) is 0. The number of amides is 1. The van der Waals surface area contributed by atoms with Crippen molar-refractivity contribution >= 4 is 17.2 Å². The van der Waals surface area contributed by atoms with E-state index in [1.54, 1.807) is 17.4 Å². The second kappa shape index (κ2) is 11.2. The first kappa shape index (κ1) is 25.8. The highest BCUT2D eigenvalue weighted by atomic mass is 32.1. The maximum Gasteiger partial charge on any atom is 0.387 e. The summed E-state index contributed by atoms with van der Waals surface area (Å²) in [6, 6.07) is 11.2. The van der Waals surface area contributed by atoms with Gasteiger partial charge in [0.05, 0.1) is 24.6 Å². The predicted molar refractivity (Wildman–Crippen MR) is 136 cm³/mol. The van der Waals surface area contributed by atoms with Gasteiger partial charge in [-0.25, -0.2) is 4.98 Å². The molecule has 2 aliphatic rings. The summed E-state index contributed by atoms with van der Waals surface area (Å²) in [4.78, 5) is 19.7. The Morgan fingerprint density at radius 1 is 1.16 bits per heavy atom. The molecule has 1 amide bonds. The number of hydrogen-bond donors (Lipinski definition) is 0. The van der Waals surface area contributed by atoms with Crippen LogP contribution in [-0.2, 0) is 33.9 Å². The Bertz CT molecular complexity index is 1260. The molecule has 196 valence electrons. The molecule has 6 nitrogen and oxygen atoms in total. The first-order valence-corrected chi connectivity index (χ1v) is 13.3. The molecule has 0 spiro atoms. The van der Waals surface area contributed by atoms with Crippen molar-refractivity contribution in [1.82, 2.24) is 9.88 Å². The molecule has 2 aliphatic heterocycles. The second-order valence-electron chi connectivity index (χ2n) is 9.60. The van der Waals surface area contributed by atoms with E-state index in [1.807, 2.05) is 30.2 Å². The Morgan fingerprint density at radius 2 is 1.95 bits per heavy atom. The van der Waals surface area contributed by atoms with Crippen LogP contribution in [0.1, 0.15) is 63.6 Å². The number of carbonyl (C=O) groups excluding carboxylic acids is 1. The number of likely N-dealkylation sites (tertiary alicyclic amines) is 1. The van der Waals surface area contributed by atoms with Gasteiger partial charge >= 0.3 is 6.61 Å². The fraction of sp³-hybridized carbons (Fsp3) is 0.429. The van der Waals surface area contributed by atoms with Gasteiger partial charge in [0.25, 0.3) is 0 Å². The molecule has 2 aromatic carbocycles. The van der Waals surface area contributed by atoms with E-state index >= 15 is 0 Å². The molecule has 0 saturated carbocycles. The Labute approximate surface area is 219 Å². The summed E-state index contributed by atoms with van der Waals surface area (Å²) < 4.78 is 42.1. The number of thiazole rings is 1. The normalized spacial score (nSPS) is 18.5. The van der Waals surface area contributed by atoms with E-state index in [1.165, 1.54) is 11.6 Å². The van der Waals surface area contributed by atoms with E-state index in [0.29, 0.717) is 30.8 Å². The first-order chi connectivity index (χ1) is 17.9. The number of halogens is 2. The zero-order chi connectivity index (χ0) is 25.9. The van der Waals surface area contributed by atoms with Gasteiger partial charge in [-0.05, 0) is 49.4 Å². The van der Waals surface area contributed by atoms with Crippen LogP contribution in [0, 0.1) is 13.8 Å². The number of ether oxygens (including phenoxy) is 3. The highest BCUT2D eigenvalue weighted by Crippen LogP contribution is 2.36. The summed E-state index contributed by atoms with van der Waals surface area (Å²) in [5.74, 6) is 0.550. The number of rotatable bonds is 6. The molecule has 0 N–H and O–H groups in total. The van der Waals surface area contributed by atoms with Crippen molar-refractivity contribution in [3.05, 3.63) is 80.3 Å². The van der Waals surface area contributed by atoms with Gasteiger partial charge < -0.3 is 19.1 Å². The van der Waals surface area contributed by atoms with Gasteiger partial charge in [-0.15, -0.1) is 11.3 Å². The van der Waals surface area contributed by atoms with Gasteiger partial charge in [0.2, 0.25) is 12.2 Å². The van der Waals surface area contributed by atoms with Crippen LogP contribution in [0.5, 0.6) is 5.75 Å². The van der Waals surface area contributed by atoms with Crippen molar-refractivity contribution in [2.45, 2.75) is 65.1 Å². The van der Waals surface area contributed by atoms with Crippen LogP contribution in [0.3, 0.4) is 0 Å². The molecule has 1 saturated heterocycles. The standard InChI is InChI=1S/C28H30F2N2O4S/c1-17-6-7-18(2)21(12-17)13-25(33)32-10-8-19(9-11-32)26-31-23(16-37-26)27-34-14-20-4-3-5-24(36-28(29)30)22(20)15-35-27/h3-7,12,16,19,27-28H,8-11,13-15H2,1-2H3. The molecule has 9 heteroatoms. The fourth-order valence-corrected chi connectivity index (χ4v) is 5.89. The van der Waals surface area contributed by atoms with Crippen molar-refractivity contribution in [1.29, 1.82) is 0 Å². The van der Waals surface area contributed by atoms with E-state index < -0.39 is 12.9 Å². The van der Waals surface area contributed by atoms with E-state index in [0.717, 1.165) is 34.5 Å². The molecule has 0 aliphatic carbocycles. The molecular weight excluding hydrogens is 498 g/mol. The van der Waals surface area contributed by atoms with Gasteiger partial charge in [0.1, 0.15) is 11.4 Å². The third-order valence-corrected chi connectivity index (χ3v) is 8.07. The van der Waals surface area contributed by atoms with Crippen LogP contribution < -0.4 is 4.74 Å². The van der Waals surface area contributed by atoms with Crippen LogP contribution in [0.25, 0.3) is 0 Å². The molecule has 0 radical (unpaired) electrons. The van der Waals surface area contributed by atoms with E-state index in [-0.39, 0.29) is 30.8 Å². The van der Waals surface area contributed by atoms with Crippen molar-refractivity contribution < 1.29 is 27.8 Å². The molecule has 3 heterocycles. The molecule has 1 unspecified atom stereocenters. The topological polar surface area (TPSA) is 60.9 Å². The Hall–Kier alpha value is -2.88. The summed E-state index contributed by atoms with van der Waals surface area (Å²) in [5.41, 5.74) is 5.41. The van der Waals surface area contributed by atoms with Crippen molar-refractivity contribution in [3.8, 4) is 5.75 Å². The van der Waals surface area contributed by atoms with Gasteiger partial charge in [0.15, 0.2) is 0 Å². The number of nitrogens with zero attached hydrogens (tertiary/aromatic N) is 2. The molecule has 1 atom stereocenters. The molecule has 3 aromatic rings. The Balaban J connectivity index is 1.17. The first-order valence-electron chi connectivity index (χ1n) is 12.5. The Morgan fingerprint density at radius 3 is 2.73 bits per heavy atom. The monoisotopic (exact) mass is 528 g/mol. The maximum atomic E-state index is 12.9. The number of aromatic nitrogens is 1. The van der Waals surface area contributed by atoms with E-state index in [9.17, 15) is 13.6 Å². The van der Waals surface area contributed by atoms with Crippen molar-refractivity contribution in [3.63, 3.8) is 0 Å². The van der Waals surface area contributed by atoms with Gasteiger partial charge in [-0.2, -0.15) is 8.78 Å². The SMILES string of the molecule is Cc1ccc(C)c(CC(=O)N2CCC(c3nc(C4OCc5cccc(OC(F)F)c5CO4)cs3)CC2)c1. The number of benzene rings is 2. The minimum absolute atomic E-state index is 0.0939. The number of hydrogen-bond acceptors (Lipinski definition) is 6. The summed E-state index contributed by atoms with van der Waals surface area (Å²) >= 11 is 1.57. The summed E-state index contributed by atoms with van der Waals surface area (Å²) in [5, 5.41) is 2.94. The summed E-state index contributed by atoms with van der Waals surface area (Å²) in [6.45, 7) is 2.92. The third kappa shape index (κ3) is 6.00. The van der Waals surface area contributed by atoms with Crippen LogP contribution in [0.15, 0.2) is 41.8 Å². The molecule has 5 rings (SSSR count). The van der Waals surface area contributed by atoms with Crippen LogP contribution in [0.2, 0.25) is 0 Å². The van der Waals surface area contributed by atoms with Gasteiger partial charge in [-0.3, -0.25) is 4.79 Å². The lowest BCUT2D eigenvalue weighted by Crippen LogP contribution is -2.38. The number of carbonyl (C=O) groups is 1. The average Bonchev–Trinajstić information content (AvgIpc) is 3.27. The third-order valence-electron chi connectivity index (χ3n) is 7.04. The van der Waals surface area contributed by atoms with E-state index in [2.05, 4.69) is 22.9 Å². The van der Waals surface area contributed by atoms with Gasteiger partial charge in [0, 0.05) is 30.0 Å². The van der Waals surface area contributed by atoms with Crippen molar-refractivity contribution in [2.75, 3.05) is 13.1 Å². The lowest BCUT2D eigenvalue weighted by Gasteiger charge is -2.31. The number of fused-ring (bicyclic) bond motifs is 1. The van der Waals surface area contributed by atoms with Gasteiger partial charge in [-0.1, -0.05) is 35.9 Å². The van der Waals surface area contributed by atoms with Crippen LogP contribution >= 0.6 is 11.3 Å². The summed E-state index contributed by atoms with van der Waals surface area (Å²) in [6.07, 6.45) is 1.47. The minimum atomic E-state index is -2.90. The predicted octanol–water partition coefficient (Wildman–Crippen LogP) is 6.06. The smallest absolute Gasteiger partial charge is 0.387 e. The largest absolute Gasteiger partial charge is 0.434 e. The lowest BCUT2D eigenvalue weighted by atomic mass is 9.96. The zero-order valence-corrected chi connectivity index (χ0v) is 21.7. The lowest BCUT2D eigenvalue weighted by molar-refractivity contribution is -0.155. The molecule has 1 aromatic heterocycles. The van der Waals surface area contributed by atoms with Crippen LogP contribution in [0.4, 0.5) is 8.78 Å². The molecular formula is C28H30F2N2O4S. The molecule has 1 fully saturated rings. The maximum absolute atomic E-state index is 12.9. The second-order valence-corrected chi connectivity index (χ2v) is 10.5. The fourth-order valence-electron chi connectivity index (χ4n) is 4.90. The van der Waals surface area contributed by atoms with Crippen LogP contribution in [-0.4, -0.2) is 35.5 Å². The minimum Gasteiger partial charge on any atom is -0.434 e. The zero-order valence-electron chi connectivity index (χ0n) is 20.9. The number of aryl methyl sites for hydroxylation is 2. The number of alkyl halides is 2. The molecule has 0 bridgehead atoms.